The van der Waals surface area contributed by atoms with Gasteiger partial charge in [0.1, 0.15) is 11.5 Å². The van der Waals surface area contributed by atoms with Gasteiger partial charge in [0.05, 0.1) is 22.8 Å². The molecule has 0 spiro atoms. The summed E-state index contributed by atoms with van der Waals surface area (Å²) < 4.78 is 13.7. The molecule has 7 rings (SSSR count). The van der Waals surface area contributed by atoms with Gasteiger partial charge < -0.3 is 0 Å². The van der Waals surface area contributed by atoms with E-state index in [4.69, 9.17) is 0 Å². The van der Waals surface area contributed by atoms with Gasteiger partial charge in [0.2, 0.25) is 11.8 Å². The number of anilines is 1. The molecule has 4 aliphatic rings. The number of hydrogen-bond acceptors (Lipinski definition) is 4. The first-order chi connectivity index (χ1) is 15.4. The van der Waals surface area contributed by atoms with Crippen molar-refractivity contribution in [3.8, 4) is 0 Å². The Labute approximate surface area is 182 Å². The van der Waals surface area contributed by atoms with Gasteiger partial charge in [-0.25, -0.2) is 9.29 Å². The second-order valence-corrected chi connectivity index (χ2v) is 8.76. The van der Waals surface area contributed by atoms with Crippen LogP contribution in [0.4, 0.5) is 15.8 Å². The lowest BCUT2D eigenvalue weighted by Gasteiger charge is -2.52. The van der Waals surface area contributed by atoms with E-state index in [1.807, 2.05) is 55.5 Å². The van der Waals surface area contributed by atoms with Gasteiger partial charge in [-0.2, -0.15) is 0 Å². The number of halogens is 1. The molecule has 0 aromatic heterocycles. The molecule has 2 atom stereocenters. The largest absolute Gasteiger partial charge is 0.296 e. The summed E-state index contributed by atoms with van der Waals surface area (Å²) in [6.07, 6.45) is 0. The highest BCUT2D eigenvalue weighted by atomic mass is 19.1. The first-order valence-corrected chi connectivity index (χ1v) is 10.4. The summed E-state index contributed by atoms with van der Waals surface area (Å²) in [6.45, 7) is 1.98. The van der Waals surface area contributed by atoms with E-state index in [1.54, 1.807) is 0 Å². The average Bonchev–Trinajstić information content (AvgIpc) is 3.06. The number of carbonyl (C=O) groups excluding carboxylic acids is 2. The molecule has 2 amide bonds. The van der Waals surface area contributed by atoms with Gasteiger partial charge in [-0.05, 0) is 34.4 Å². The second-order valence-electron chi connectivity index (χ2n) is 8.76. The average molecular weight is 428 g/mol. The van der Waals surface area contributed by atoms with Gasteiger partial charge in [-0.1, -0.05) is 55.5 Å². The van der Waals surface area contributed by atoms with Crippen molar-refractivity contribution in [2.75, 3.05) is 4.90 Å². The van der Waals surface area contributed by atoms with Gasteiger partial charge in [-0.15, -0.1) is 0 Å². The topological polar surface area (TPSA) is 80.5 Å². The standard InChI is InChI=1S/C25H17FN2O4/c1-25-16-8-4-2-6-14(16)20(15-7-3-5-9-17(15)25)21-22(25)24(30)27(23(21)29)18-11-10-13(26)12-19(18)28(31)32/h2-12,20-22H,1H3/t20?,21-,22-,25?/m0/s1. The maximum absolute atomic E-state index is 13.8. The molecule has 1 fully saturated rings. The van der Waals surface area contributed by atoms with Crippen molar-refractivity contribution in [3.63, 3.8) is 0 Å². The fourth-order valence-corrected chi connectivity index (χ4v) is 6.22. The molecule has 0 unspecified atom stereocenters. The number of nitro benzene ring substituents is 1. The first kappa shape index (κ1) is 18.9. The number of carbonyl (C=O) groups is 2. The summed E-state index contributed by atoms with van der Waals surface area (Å²) in [5.74, 6) is -3.46. The monoisotopic (exact) mass is 428 g/mol. The van der Waals surface area contributed by atoms with Crippen LogP contribution in [-0.4, -0.2) is 16.7 Å². The highest BCUT2D eigenvalue weighted by Gasteiger charge is 2.66. The van der Waals surface area contributed by atoms with Crippen molar-refractivity contribution < 1.29 is 18.9 Å². The van der Waals surface area contributed by atoms with Gasteiger partial charge >= 0.3 is 0 Å². The van der Waals surface area contributed by atoms with Crippen LogP contribution in [-0.2, 0) is 15.0 Å². The summed E-state index contributed by atoms with van der Waals surface area (Å²) in [6, 6.07) is 18.6. The van der Waals surface area contributed by atoms with E-state index in [-0.39, 0.29) is 11.6 Å². The molecule has 3 aromatic rings. The molecule has 0 radical (unpaired) electrons. The zero-order chi connectivity index (χ0) is 22.4. The van der Waals surface area contributed by atoms with Crippen LogP contribution < -0.4 is 4.90 Å². The van der Waals surface area contributed by atoms with Crippen molar-refractivity contribution in [1.82, 2.24) is 0 Å². The maximum atomic E-state index is 13.8. The predicted molar refractivity (Wildman–Crippen MR) is 114 cm³/mol. The zero-order valence-electron chi connectivity index (χ0n) is 17.0. The highest BCUT2D eigenvalue weighted by Crippen LogP contribution is 2.64. The van der Waals surface area contributed by atoms with Gasteiger partial charge in [0, 0.05) is 11.3 Å². The molecule has 0 saturated carbocycles. The molecular weight excluding hydrogens is 411 g/mol. The van der Waals surface area contributed by atoms with Crippen LogP contribution in [0.25, 0.3) is 0 Å². The van der Waals surface area contributed by atoms with Crippen molar-refractivity contribution in [2.45, 2.75) is 18.3 Å². The summed E-state index contributed by atoms with van der Waals surface area (Å²) in [5.41, 5.74) is 2.47. The van der Waals surface area contributed by atoms with E-state index in [1.165, 1.54) is 0 Å². The number of rotatable bonds is 2. The minimum absolute atomic E-state index is 0.183. The molecule has 1 saturated heterocycles. The molecule has 1 aliphatic heterocycles. The Morgan fingerprint density at radius 1 is 0.938 bits per heavy atom. The minimum Gasteiger partial charge on any atom is -0.274 e. The Morgan fingerprint density at radius 3 is 2.12 bits per heavy atom. The van der Waals surface area contributed by atoms with Crippen LogP contribution in [0.5, 0.6) is 0 Å². The van der Waals surface area contributed by atoms with Crippen molar-refractivity contribution in [2.24, 2.45) is 11.8 Å². The first-order valence-electron chi connectivity index (χ1n) is 10.4. The number of nitro groups is 1. The molecule has 32 heavy (non-hydrogen) atoms. The Morgan fingerprint density at radius 2 is 1.53 bits per heavy atom. The number of benzene rings is 3. The molecule has 1 heterocycles. The lowest BCUT2D eigenvalue weighted by atomic mass is 9.48. The smallest absolute Gasteiger partial charge is 0.274 e. The number of imide groups is 1. The summed E-state index contributed by atoms with van der Waals surface area (Å²) in [5, 5.41) is 11.6. The van der Waals surface area contributed by atoms with E-state index >= 15 is 0 Å². The SMILES string of the molecule is CC12c3ccccc3C(c3ccccc31)[C@@H]1C(=O)N(c3ccc(F)cc3[N+](=O)[O-])C(=O)[C@H]12. The Bertz CT molecular complexity index is 1320. The number of nitrogens with zero attached hydrogens (tertiary/aromatic N) is 2. The third-order valence-corrected chi connectivity index (χ3v) is 7.42. The summed E-state index contributed by atoms with van der Waals surface area (Å²) in [7, 11) is 0. The van der Waals surface area contributed by atoms with Crippen LogP contribution in [0.2, 0.25) is 0 Å². The van der Waals surface area contributed by atoms with Crippen LogP contribution in [0.1, 0.15) is 35.1 Å². The van der Waals surface area contributed by atoms with Crippen LogP contribution >= 0.6 is 0 Å². The molecule has 0 N–H and O–H groups in total. The predicted octanol–water partition coefficient (Wildman–Crippen LogP) is 4.30. The summed E-state index contributed by atoms with van der Waals surface area (Å²) >= 11 is 0. The third-order valence-electron chi connectivity index (χ3n) is 7.42. The Hall–Kier alpha value is -3.87. The summed E-state index contributed by atoms with van der Waals surface area (Å²) in [4.78, 5) is 39.3. The molecular formula is C25H17FN2O4. The fourth-order valence-electron chi connectivity index (χ4n) is 6.22. The lowest BCUT2D eigenvalue weighted by Crippen LogP contribution is -2.51. The van der Waals surface area contributed by atoms with E-state index < -0.39 is 45.5 Å². The molecule has 7 heteroatoms. The van der Waals surface area contributed by atoms with Crippen molar-refractivity contribution in [1.29, 1.82) is 0 Å². The lowest BCUT2D eigenvalue weighted by molar-refractivity contribution is -0.384. The normalized spacial score (nSPS) is 27.2. The Kier molecular flexibility index (Phi) is 3.59. The molecule has 158 valence electrons. The minimum atomic E-state index is -0.802. The fraction of sp³-hybridized carbons (Fsp3) is 0.200. The van der Waals surface area contributed by atoms with E-state index in [2.05, 4.69) is 0 Å². The van der Waals surface area contributed by atoms with E-state index in [9.17, 15) is 24.1 Å². The third kappa shape index (κ3) is 2.08. The van der Waals surface area contributed by atoms with Crippen molar-refractivity contribution >= 4 is 23.2 Å². The van der Waals surface area contributed by atoms with Crippen LogP contribution in [0.3, 0.4) is 0 Å². The maximum Gasteiger partial charge on any atom is 0.296 e. The van der Waals surface area contributed by atoms with Gasteiger partial charge in [-0.3, -0.25) is 19.7 Å². The Balaban J connectivity index is 1.61. The second kappa shape index (κ2) is 6.09. The zero-order valence-corrected chi connectivity index (χ0v) is 17.0. The van der Waals surface area contributed by atoms with Gasteiger partial charge in [0.25, 0.3) is 5.69 Å². The molecule has 3 aliphatic carbocycles. The van der Waals surface area contributed by atoms with Gasteiger partial charge in [0.15, 0.2) is 0 Å². The van der Waals surface area contributed by atoms with Crippen LogP contribution in [0, 0.1) is 27.8 Å². The molecule has 6 nitrogen and oxygen atoms in total. The number of hydrogen-bond donors (Lipinski definition) is 0. The number of amides is 2. The van der Waals surface area contributed by atoms with Crippen LogP contribution in [0.15, 0.2) is 66.7 Å². The van der Waals surface area contributed by atoms with E-state index in [0.717, 1.165) is 45.4 Å². The van der Waals surface area contributed by atoms with E-state index in [0.29, 0.717) is 0 Å². The molecule has 2 bridgehead atoms. The quantitative estimate of drug-likeness (QED) is 0.346. The highest BCUT2D eigenvalue weighted by molar-refractivity contribution is 6.24. The van der Waals surface area contributed by atoms with Crippen molar-refractivity contribution in [3.05, 3.63) is 105 Å². The molecule has 3 aromatic carbocycles.